The molecule has 0 aliphatic carbocycles. The molecule has 2 rings (SSSR count). The van der Waals surface area contributed by atoms with E-state index in [9.17, 15) is 13.2 Å². The summed E-state index contributed by atoms with van der Waals surface area (Å²) in [6, 6.07) is 1.92. The number of aromatic nitrogens is 2. The Morgan fingerprint density at radius 3 is 2.85 bits per heavy atom. The number of anilines is 1. The molecule has 8 heteroatoms. The molecule has 0 amide bonds. The molecule has 0 saturated heterocycles. The Bertz CT molecular complexity index is 571. The molecule has 2 aromatic heterocycles. The van der Waals surface area contributed by atoms with Crippen molar-refractivity contribution >= 4 is 27.4 Å². The Labute approximate surface area is 118 Å². The first-order valence-corrected chi connectivity index (χ1v) is 7.00. The maximum Gasteiger partial charge on any atom is 0.411 e. The highest BCUT2D eigenvalue weighted by atomic mass is 32.1. The van der Waals surface area contributed by atoms with Crippen molar-refractivity contribution in [3.8, 4) is 0 Å². The minimum Gasteiger partial charge on any atom is -0.372 e. The highest BCUT2D eigenvalue weighted by Crippen LogP contribution is 2.25. The van der Waals surface area contributed by atoms with Gasteiger partial charge in [0.2, 0.25) is 0 Å². The molecule has 0 aliphatic rings. The van der Waals surface area contributed by atoms with Gasteiger partial charge in [-0.25, -0.2) is 9.97 Å². The van der Waals surface area contributed by atoms with Gasteiger partial charge in [-0.1, -0.05) is 0 Å². The second kappa shape index (κ2) is 6.36. The summed E-state index contributed by atoms with van der Waals surface area (Å²) < 4.78 is 40.4. The van der Waals surface area contributed by atoms with Crippen LogP contribution in [0.5, 0.6) is 0 Å². The van der Waals surface area contributed by atoms with Gasteiger partial charge in [0.1, 0.15) is 23.1 Å². The van der Waals surface area contributed by atoms with Crippen molar-refractivity contribution in [3.63, 3.8) is 0 Å². The van der Waals surface area contributed by atoms with E-state index in [-0.39, 0.29) is 13.0 Å². The van der Waals surface area contributed by atoms with Crippen molar-refractivity contribution in [1.82, 2.24) is 9.97 Å². The van der Waals surface area contributed by atoms with Gasteiger partial charge < -0.3 is 10.1 Å². The van der Waals surface area contributed by atoms with Crippen LogP contribution < -0.4 is 5.32 Å². The normalized spacial score (nSPS) is 12.0. The van der Waals surface area contributed by atoms with Gasteiger partial charge in [0.25, 0.3) is 0 Å². The van der Waals surface area contributed by atoms with Crippen LogP contribution in [0.25, 0.3) is 10.2 Å². The maximum atomic E-state index is 11.9. The zero-order valence-electron chi connectivity index (χ0n) is 10.8. The molecule has 0 bridgehead atoms. The number of alkyl halides is 3. The number of thiophene rings is 1. The average Bonchev–Trinajstić information content (AvgIpc) is 2.82. The van der Waals surface area contributed by atoms with Crippen LogP contribution >= 0.6 is 11.3 Å². The Morgan fingerprint density at radius 2 is 2.15 bits per heavy atom. The van der Waals surface area contributed by atoms with Crippen LogP contribution in [-0.2, 0) is 11.2 Å². The van der Waals surface area contributed by atoms with Crippen LogP contribution in [-0.4, -0.2) is 35.9 Å². The molecule has 1 N–H and O–H groups in total. The third-order valence-corrected chi connectivity index (χ3v) is 3.26. The lowest BCUT2D eigenvalue weighted by Crippen LogP contribution is -2.18. The molecule has 0 aromatic carbocycles. The van der Waals surface area contributed by atoms with Crippen molar-refractivity contribution in [2.45, 2.75) is 19.5 Å². The monoisotopic (exact) mass is 305 g/mol. The molecule has 0 atom stereocenters. The minimum absolute atomic E-state index is 0.0536. The lowest BCUT2D eigenvalue weighted by Gasteiger charge is -2.09. The quantitative estimate of drug-likeness (QED) is 0.832. The second-order valence-corrected chi connectivity index (χ2v) is 4.97. The van der Waals surface area contributed by atoms with Gasteiger partial charge in [-0.2, -0.15) is 13.2 Å². The zero-order chi connectivity index (χ0) is 14.6. The van der Waals surface area contributed by atoms with Crippen molar-refractivity contribution < 1.29 is 17.9 Å². The molecule has 0 unspecified atom stereocenters. The van der Waals surface area contributed by atoms with Gasteiger partial charge in [-0.15, -0.1) is 11.3 Å². The summed E-state index contributed by atoms with van der Waals surface area (Å²) in [6.45, 7) is 1.37. The Hall–Kier alpha value is -1.41. The molecule has 0 spiro atoms. The van der Waals surface area contributed by atoms with Gasteiger partial charge in [0.05, 0.1) is 12.0 Å². The van der Waals surface area contributed by atoms with E-state index in [0.29, 0.717) is 18.2 Å². The zero-order valence-corrected chi connectivity index (χ0v) is 11.6. The van der Waals surface area contributed by atoms with Gasteiger partial charge in [-0.05, 0) is 18.4 Å². The molecular formula is C12H14F3N3OS. The summed E-state index contributed by atoms with van der Waals surface area (Å²) in [6.07, 6.45) is -4.05. The summed E-state index contributed by atoms with van der Waals surface area (Å²) in [5.41, 5.74) is 0. The third kappa shape index (κ3) is 4.04. The SMILES string of the molecule is CCNc1nc(CCOCC(F)(F)F)nc2sccc12. The first kappa shape index (κ1) is 15.0. The summed E-state index contributed by atoms with van der Waals surface area (Å²) in [4.78, 5) is 9.46. The molecular weight excluding hydrogens is 291 g/mol. The van der Waals surface area contributed by atoms with Crippen LogP contribution in [0, 0.1) is 0 Å². The first-order valence-electron chi connectivity index (χ1n) is 6.12. The van der Waals surface area contributed by atoms with Crippen molar-refractivity contribution in [2.24, 2.45) is 0 Å². The maximum absolute atomic E-state index is 11.9. The number of hydrogen-bond donors (Lipinski definition) is 1. The molecule has 20 heavy (non-hydrogen) atoms. The van der Waals surface area contributed by atoms with E-state index >= 15 is 0 Å². The molecule has 2 heterocycles. The molecule has 0 saturated carbocycles. The van der Waals surface area contributed by atoms with E-state index in [1.165, 1.54) is 11.3 Å². The number of ether oxygens (including phenoxy) is 1. The highest BCUT2D eigenvalue weighted by Gasteiger charge is 2.27. The molecule has 0 aliphatic heterocycles. The van der Waals surface area contributed by atoms with E-state index < -0.39 is 12.8 Å². The topological polar surface area (TPSA) is 47.0 Å². The molecule has 0 radical (unpaired) electrons. The fraction of sp³-hybridized carbons (Fsp3) is 0.500. The molecule has 0 fully saturated rings. The molecule has 110 valence electrons. The summed E-state index contributed by atoms with van der Waals surface area (Å²) >= 11 is 1.47. The Balaban J connectivity index is 2.02. The Kier molecular flexibility index (Phi) is 4.77. The number of nitrogens with zero attached hydrogens (tertiary/aromatic N) is 2. The van der Waals surface area contributed by atoms with Gasteiger partial charge in [-0.3, -0.25) is 0 Å². The highest BCUT2D eigenvalue weighted by molar-refractivity contribution is 7.16. The number of fused-ring (bicyclic) bond motifs is 1. The first-order chi connectivity index (χ1) is 9.49. The summed E-state index contributed by atoms with van der Waals surface area (Å²) in [5, 5.41) is 5.96. The largest absolute Gasteiger partial charge is 0.411 e. The lowest BCUT2D eigenvalue weighted by atomic mass is 10.3. The standard InChI is InChI=1S/C12H14F3N3OS/c1-2-16-10-8-4-6-20-11(8)18-9(17-10)3-5-19-7-12(13,14)15/h4,6H,2-3,5,7H2,1H3,(H,16,17,18). The van der Waals surface area contributed by atoms with Crippen LogP contribution in [0.2, 0.25) is 0 Å². The Morgan fingerprint density at radius 1 is 1.35 bits per heavy atom. The van der Waals surface area contributed by atoms with Crippen molar-refractivity contribution in [3.05, 3.63) is 17.3 Å². The number of rotatable bonds is 6. The lowest BCUT2D eigenvalue weighted by molar-refractivity contribution is -0.173. The van der Waals surface area contributed by atoms with Gasteiger partial charge >= 0.3 is 6.18 Å². The van der Waals surface area contributed by atoms with Crippen LogP contribution in [0.3, 0.4) is 0 Å². The minimum atomic E-state index is -4.30. The van der Waals surface area contributed by atoms with Gasteiger partial charge in [0.15, 0.2) is 0 Å². The van der Waals surface area contributed by atoms with E-state index in [2.05, 4.69) is 20.0 Å². The van der Waals surface area contributed by atoms with Gasteiger partial charge in [0, 0.05) is 13.0 Å². The van der Waals surface area contributed by atoms with Crippen molar-refractivity contribution in [2.75, 3.05) is 25.1 Å². The molecule has 4 nitrogen and oxygen atoms in total. The number of nitrogens with one attached hydrogen (secondary N) is 1. The van der Waals surface area contributed by atoms with E-state index in [1.807, 2.05) is 18.4 Å². The van der Waals surface area contributed by atoms with Crippen LogP contribution in [0.15, 0.2) is 11.4 Å². The predicted molar refractivity (Wildman–Crippen MR) is 72.2 cm³/mol. The fourth-order valence-corrected chi connectivity index (χ4v) is 2.45. The van der Waals surface area contributed by atoms with Crippen LogP contribution in [0.4, 0.5) is 19.0 Å². The summed E-state index contributed by atoms with van der Waals surface area (Å²) in [5.74, 6) is 1.20. The van der Waals surface area contributed by atoms with E-state index in [0.717, 1.165) is 10.2 Å². The predicted octanol–water partition coefficient (Wildman–Crippen LogP) is 3.24. The fourth-order valence-electron chi connectivity index (χ4n) is 1.66. The summed E-state index contributed by atoms with van der Waals surface area (Å²) in [7, 11) is 0. The van der Waals surface area contributed by atoms with E-state index in [4.69, 9.17) is 0 Å². The van der Waals surface area contributed by atoms with E-state index in [1.54, 1.807) is 0 Å². The average molecular weight is 305 g/mol. The smallest absolute Gasteiger partial charge is 0.372 e. The second-order valence-electron chi connectivity index (χ2n) is 4.08. The number of hydrogen-bond acceptors (Lipinski definition) is 5. The number of halogens is 3. The van der Waals surface area contributed by atoms with Crippen LogP contribution in [0.1, 0.15) is 12.7 Å². The van der Waals surface area contributed by atoms with Crippen molar-refractivity contribution in [1.29, 1.82) is 0 Å². The third-order valence-electron chi connectivity index (χ3n) is 2.45. The molecule has 2 aromatic rings.